The second kappa shape index (κ2) is 22.5. The van der Waals surface area contributed by atoms with Gasteiger partial charge in [0.15, 0.2) is 0 Å². The molecule has 2 rings (SSSR count). The summed E-state index contributed by atoms with van der Waals surface area (Å²) >= 11 is 0. The Morgan fingerprint density at radius 2 is 1.10 bits per heavy atom. The summed E-state index contributed by atoms with van der Waals surface area (Å²) in [5.74, 6) is -0.298. The van der Waals surface area contributed by atoms with E-state index in [4.69, 9.17) is 9.47 Å². The van der Waals surface area contributed by atoms with Gasteiger partial charge in [-0.3, -0.25) is 0 Å². The molecule has 0 aromatic carbocycles. The molecule has 0 aliphatic carbocycles. The van der Waals surface area contributed by atoms with Crippen LogP contribution in [0.2, 0.25) is 0 Å². The average Bonchev–Trinajstić information content (AvgIpc) is 3.58. The van der Waals surface area contributed by atoms with Crippen LogP contribution in [0.5, 0.6) is 0 Å². The van der Waals surface area contributed by atoms with E-state index in [1.54, 1.807) is 6.08 Å². The summed E-state index contributed by atoms with van der Waals surface area (Å²) in [5, 5.41) is 41.7. The van der Waals surface area contributed by atoms with Gasteiger partial charge in [0.2, 0.25) is 0 Å². The predicted molar refractivity (Wildman–Crippen MR) is 168 cm³/mol. The summed E-state index contributed by atoms with van der Waals surface area (Å²) in [6, 6.07) is 0. The van der Waals surface area contributed by atoms with Crippen LogP contribution < -0.4 is 0 Å². The van der Waals surface area contributed by atoms with Crippen LogP contribution >= 0.6 is 0 Å². The molecule has 0 aromatic rings. The first-order chi connectivity index (χ1) is 20.3. The van der Waals surface area contributed by atoms with Crippen LogP contribution in [-0.4, -0.2) is 69.1 Å². The Hall–Kier alpha value is -0.990. The second-order valence-corrected chi connectivity index (χ2v) is 13.1. The molecular weight excluding hydrogens is 532 g/mol. The second-order valence-electron chi connectivity index (χ2n) is 13.1. The zero-order valence-corrected chi connectivity index (χ0v) is 26.9. The first kappa shape index (κ1) is 37.2. The number of hydrogen-bond donors (Lipinski definition) is 4. The van der Waals surface area contributed by atoms with Gasteiger partial charge in [0.05, 0.1) is 36.6 Å². The Bertz CT molecular complexity index is 726. The summed E-state index contributed by atoms with van der Waals surface area (Å²) in [4.78, 5) is 11.6. The van der Waals surface area contributed by atoms with Gasteiger partial charge in [0, 0.05) is 12.0 Å². The van der Waals surface area contributed by atoms with E-state index in [1.807, 2.05) is 6.92 Å². The molecule has 42 heavy (non-hydrogen) atoms. The van der Waals surface area contributed by atoms with Crippen molar-refractivity contribution in [3.8, 4) is 0 Å². The third-order valence-electron chi connectivity index (χ3n) is 9.11. The fourth-order valence-corrected chi connectivity index (χ4v) is 6.42. The molecule has 0 saturated carbocycles. The third kappa shape index (κ3) is 16.2. The normalized spacial score (nSPS) is 23.5. The first-order valence-corrected chi connectivity index (χ1v) is 17.6. The van der Waals surface area contributed by atoms with Gasteiger partial charge in [-0.05, 0) is 57.9 Å². The molecule has 0 aromatic heterocycles. The van der Waals surface area contributed by atoms with Crippen LogP contribution in [-0.2, 0) is 14.3 Å². The fraction of sp³-hybridized carbons (Fsp3) is 0.914. The Kier molecular flexibility index (Phi) is 19.9. The molecule has 0 radical (unpaired) electrons. The summed E-state index contributed by atoms with van der Waals surface area (Å²) in [6.07, 6.45) is 22.4. The topological polar surface area (TPSA) is 116 Å². The highest BCUT2D eigenvalue weighted by Crippen LogP contribution is 2.28. The van der Waals surface area contributed by atoms with Crippen molar-refractivity contribution in [1.29, 1.82) is 0 Å². The molecule has 7 unspecified atom stereocenters. The average molecular weight is 597 g/mol. The van der Waals surface area contributed by atoms with Crippen molar-refractivity contribution in [2.45, 2.75) is 204 Å². The number of aliphatic hydroxyl groups is 4. The predicted octanol–water partition coefficient (Wildman–Crippen LogP) is 7.06. The van der Waals surface area contributed by atoms with E-state index in [0.29, 0.717) is 24.8 Å². The summed E-state index contributed by atoms with van der Waals surface area (Å²) in [6.45, 7) is 4.07. The van der Waals surface area contributed by atoms with E-state index in [1.165, 1.54) is 44.9 Å². The molecular formula is C35H64O7. The van der Waals surface area contributed by atoms with Crippen molar-refractivity contribution in [1.82, 2.24) is 0 Å². The van der Waals surface area contributed by atoms with Gasteiger partial charge in [-0.2, -0.15) is 0 Å². The minimum Gasteiger partial charge on any atom is -0.455 e. The number of ether oxygens (including phenoxy) is 2. The first-order valence-electron chi connectivity index (χ1n) is 17.6. The molecule has 2 aliphatic heterocycles. The maximum Gasteiger partial charge on any atom is 0.334 e. The summed E-state index contributed by atoms with van der Waals surface area (Å²) < 4.78 is 11.1. The maximum absolute atomic E-state index is 11.6. The fourth-order valence-electron chi connectivity index (χ4n) is 6.42. The van der Waals surface area contributed by atoms with Crippen molar-refractivity contribution >= 4 is 5.97 Å². The number of carbonyl (C=O) groups excluding carboxylic acids is 1. The molecule has 0 amide bonds. The van der Waals surface area contributed by atoms with Gasteiger partial charge in [-0.25, -0.2) is 4.79 Å². The highest BCUT2D eigenvalue weighted by Gasteiger charge is 2.34. The number of hydrogen-bond acceptors (Lipinski definition) is 7. The lowest BCUT2D eigenvalue weighted by Crippen LogP contribution is -2.31. The largest absolute Gasteiger partial charge is 0.455 e. The lowest BCUT2D eigenvalue weighted by Gasteiger charge is -2.22. The zero-order chi connectivity index (χ0) is 30.6. The Morgan fingerprint density at radius 3 is 1.60 bits per heavy atom. The Balaban J connectivity index is 1.40. The number of esters is 1. The van der Waals surface area contributed by atoms with E-state index in [0.717, 1.165) is 83.5 Å². The lowest BCUT2D eigenvalue weighted by atomic mass is 9.99. The highest BCUT2D eigenvalue weighted by molar-refractivity contribution is 5.90. The van der Waals surface area contributed by atoms with Crippen molar-refractivity contribution < 1.29 is 34.7 Å². The van der Waals surface area contributed by atoms with Gasteiger partial charge in [0.25, 0.3) is 0 Å². The van der Waals surface area contributed by atoms with Crippen LogP contribution in [0, 0.1) is 0 Å². The van der Waals surface area contributed by atoms with Gasteiger partial charge < -0.3 is 29.9 Å². The van der Waals surface area contributed by atoms with Crippen molar-refractivity contribution in [2.75, 3.05) is 0 Å². The monoisotopic (exact) mass is 596 g/mol. The van der Waals surface area contributed by atoms with Gasteiger partial charge >= 0.3 is 5.97 Å². The molecule has 246 valence electrons. The summed E-state index contributed by atoms with van der Waals surface area (Å²) in [5.41, 5.74) is 0.596. The molecule has 7 atom stereocenters. The van der Waals surface area contributed by atoms with E-state index < -0.39 is 18.3 Å². The molecule has 2 aliphatic rings. The molecule has 7 nitrogen and oxygen atoms in total. The standard InChI is InChI=1S/C35H64O7/c1-3-4-5-6-7-8-12-15-21-31(38)33-23-24-34(42-33)32(39)22-17-16-19-29(36)18-13-10-9-11-14-20-30(37)26-28-25-27(2)41-35(28)40/h25,27,29-34,36-39H,3-24,26H2,1-2H3. The number of aliphatic hydroxyl groups excluding tert-OH is 4. The molecule has 7 heteroatoms. The number of carbonyl (C=O) groups is 1. The van der Waals surface area contributed by atoms with Crippen LogP contribution in [0.15, 0.2) is 11.6 Å². The maximum atomic E-state index is 11.6. The molecule has 0 spiro atoms. The highest BCUT2D eigenvalue weighted by atomic mass is 16.5. The van der Waals surface area contributed by atoms with Crippen LogP contribution in [0.3, 0.4) is 0 Å². The Labute approximate surface area is 256 Å². The summed E-state index contributed by atoms with van der Waals surface area (Å²) in [7, 11) is 0. The van der Waals surface area contributed by atoms with Gasteiger partial charge in [-0.15, -0.1) is 0 Å². The molecule has 4 N–H and O–H groups in total. The van der Waals surface area contributed by atoms with E-state index in [2.05, 4.69) is 6.92 Å². The van der Waals surface area contributed by atoms with Crippen molar-refractivity contribution in [3.05, 3.63) is 11.6 Å². The number of rotatable bonds is 26. The SMILES string of the molecule is CCCCCCCCCCC(O)C1CCC(C(O)CCCCC(O)CCCCCCCC(O)CC2=CC(C)OC2=O)O1. The Morgan fingerprint density at radius 1 is 0.667 bits per heavy atom. The van der Waals surface area contributed by atoms with E-state index in [9.17, 15) is 25.2 Å². The molecule has 0 bridgehead atoms. The minimum atomic E-state index is -0.493. The molecule has 1 fully saturated rings. The van der Waals surface area contributed by atoms with Crippen LogP contribution in [0.4, 0.5) is 0 Å². The van der Waals surface area contributed by atoms with Gasteiger partial charge in [0.1, 0.15) is 6.10 Å². The zero-order valence-electron chi connectivity index (χ0n) is 26.9. The minimum absolute atomic E-state index is 0.139. The molecule has 1 saturated heterocycles. The van der Waals surface area contributed by atoms with Gasteiger partial charge in [-0.1, -0.05) is 103 Å². The van der Waals surface area contributed by atoms with Crippen LogP contribution in [0.1, 0.15) is 162 Å². The number of unbranched alkanes of at least 4 members (excludes halogenated alkanes) is 12. The van der Waals surface area contributed by atoms with E-state index >= 15 is 0 Å². The van der Waals surface area contributed by atoms with Crippen molar-refractivity contribution in [3.63, 3.8) is 0 Å². The van der Waals surface area contributed by atoms with E-state index in [-0.39, 0.29) is 30.4 Å². The quantitative estimate of drug-likeness (QED) is 0.0624. The molecule has 2 heterocycles. The smallest absolute Gasteiger partial charge is 0.334 e. The van der Waals surface area contributed by atoms with Crippen LogP contribution in [0.25, 0.3) is 0 Å². The number of cyclic esters (lactones) is 1. The van der Waals surface area contributed by atoms with Crippen molar-refractivity contribution in [2.24, 2.45) is 0 Å². The lowest BCUT2D eigenvalue weighted by molar-refractivity contribution is -0.139. The third-order valence-corrected chi connectivity index (χ3v) is 9.11.